The molecule has 2 rings (SSSR count). The molecule has 0 spiro atoms. The minimum atomic E-state index is -3.61. The molecule has 0 amide bonds. The molecule has 0 unspecified atom stereocenters. The van der Waals surface area contributed by atoms with Gasteiger partial charge in [-0.2, -0.15) is 4.98 Å². The fourth-order valence-corrected chi connectivity index (χ4v) is 3.46. The van der Waals surface area contributed by atoms with Crippen LogP contribution in [-0.2, 0) is 10.0 Å². The lowest BCUT2D eigenvalue weighted by atomic mass is 10.5. The van der Waals surface area contributed by atoms with Gasteiger partial charge in [0.05, 0.1) is 6.61 Å². The quantitative estimate of drug-likeness (QED) is 0.866. The Bertz CT molecular complexity index is 632. The van der Waals surface area contributed by atoms with Gasteiger partial charge in [0.25, 0.3) is 10.0 Å². The molecular weight excluding hydrogens is 276 g/mol. The number of sulfonamides is 1. The lowest BCUT2D eigenvalue weighted by Crippen LogP contribution is -2.12. The summed E-state index contributed by atoms with van der Waals surface area (Å²) in [6, 6.07) is 3.39. The minimum absolute atomic E-state index is 0.0319. The molecule has 0 atom stereocenters. The summed E-state index contributed by atoms with van der Waals surface area (Å²) in [5.74, 6) is 0.0319. The molecule has 0 aliphatic rings. The molecule has 18 heavy (non-hydrogen) atoms. The molecule has 2 heterocycles. The molecule has 0 bridgehead atoms. The van der Waals surface area contributed by atoms with E-state index in [0.717, 1.165) is 4.88 Å². The maximum atomic E-state index is 12.0. The number of hydrogen-bond acceptors (Lipinski definition) is 6. The van der Waals surface area contributed by atoms with Gasteiger partial charge in [0.1, 0.15) is 4.21 Å². The predicted molar refractivity (Wildman–Crippen MR) is 67.4 cm³/mol. The first kappa shape index (κ1) is 12.8. The Morgan fingerprint density at radius 2 is 2.28 bits per heavy atom. The zero-order chi connectivity index (χ0) is 13.2. The van der Waals surface area contributed by atoms with Gasteiger partial charge in [0.15, 0.2) is 0 Å². The van der Waals surface area contributed by atoms with Crippen molar-refractivity contribution >= 4 is 27.3 Å². The third-order valence-corrected chi connectivity index (χ3v) is 4.78. The molecule has 0 radical (unpaired) electrons. The summed E-state index contributed by atoms with van der Waals surface area (Å²) in [5, 5.41) is 6.16. The Kier molecular flexibility index (Phi) is 3.53. The normalized spacial score (nSPS) is 11.4. The molecule has 2 N–H and O–H groups in total. The highest BCUT2D eigenvalue weighted by atomic mass is 32.2. The van der Waals surface area contributed by atoms with E-state index in [-0.39, 0.29) is 16.2 Å². The van der Waals surface area contributed by atoms with Crippen molar-refractivity contribution in [2.75, 3.05) is 11.3 Å². The molecule has 0 saturated heterocycles. The van der Waals surface area contributed by atoms with Crippen LogP contribution in [0, 0.1) is 6.92 Å². The van der Waals surface area contributed by atoms with E-state index in [1.54, 1.807) is 19.1 Å². The summed E-state index contributed by atoms with van der Waals surface area (Å²) in [6.07, 6.45) is 0. The molecule has 0 saturated carbocycles. The molecule has 0 aliphatic heterocycles. The predicted octanol–water partition coefficient (Wildman–Crippen LogP) is 1.37. The fourth-order valence-electron chi connectivity index (χ4n) is 1.22. The van der Waals surface area contributed by atoms with Gasteiger partial charge in [-0.1, -0.05) is 0 Å². The Hall–Kier alpha value is -1.61. The van der Waals surface area contributed by atoms with Gasteiger partial charge in [-0.05, 0) is 26.0 Å². The van der Waals surface area contributed by atoms with Crippen molar-refractivity contribution in [3.8, 4) is 6.01 Å². The van der Waals surface area contributed by atoms with Crippen LogP contribution < -0.4 is 9.46 Å². The molecular formula is C9H12N4O3S2. The number of rotatable bonds is 5. The van der Waals surface area contributed by atoms with Crippen LogP contribution in [0.3, 0.4) is 0 Å². The van der Waals surface area contributed by atoms with E-state index in [1.165, 1.54) is 11.3 Å². The second kappa shape index (κ2) is 4.94. The average molecular weight is 288 g/mol. The number of thiophene rings is 1. The maximum absolute atomic E-state index is 12.0. The molecule has 0 aromatic carbocycles. The van der Waals surface area contributed by atoms with E-state index >= 15 is 0 Å². The van der Waals surface area contributed by atoms with Crippen LogP contribution in [0.5, 0.6) is 6.01 Å². The molecule has 0 fully saturated rings. The molecule has 7 nitrogen and oxygen atoms in total. The number of aromatic nitrogens is 3. The van der Waals surface area contributed by atoms with Crippen molar-refractivity contribution in [3.05, 3.63) is 17.0 Å². The van der Waals surface area contributed by atoms with E-state index in [2.05, 4.69) is 19.9 Å². The van der Waals surface area contributed by atoms with Gasteiger partial charge in [-0.3, -0.25) is 0 Å². The number of aromatic amines is 1. The monoisotopic (exact) mass is 288 g/mol. The second-order valence-electron chi connectivity index (χ2n) is 3.37. The topological polar surface area (TPSA) is 97.0 Å². The van der Waals surface area contributed by atoms with E-state index in [9.17, 15) is 8.42 Å². The van der Waals surface area contributed by atoms with Crippen molar-refractivity contribution < 1.29 is 13.2 Å². The van der Waals surface area contributed by atoms with Gasteiger partial charge >= 0.3 is 6.01 Å². The first-order valence-electron chi connectivity index (χ1n) is 5.15. The van der Waals surface area contributed by atoms with E-state index < -0.39 is 10.0 Å². The van der Waals surface area contributed by atoms with Crippen molar-refractivity contribution in [1.29, 1.82) is 0 Å². The van der Waals surface area contributed by atoms with Gasteiger partial charge < -0.3 is 4.74 Å². The summed E-state index contributed by atoms with van der Waals surface area (Å²) in [4.78, 5) is 4.76. The Morgan fingerprint density at radius 1 is 1.50 bits per heavy atom. The Morgan fingerprint density at radius 3 is 2.89 bits per heavy atom. The molecule has 0 aliphatic carbocycles. The van der Waals surface area contributed by atoms with E-state index in [1.807, 2.05) is 6.92 Å². The van der Waals surface area contributed by atoms with Crippen LogP contribution in [0.15, 0.2) is 16.3 Å². The molecule has 9 heteroatoms. The number of nitrogens with one attached hydrogen (secondary N) is 2. The average Bonchev–Trinajstić information content (AvgIpc) is 2.88. The second-order valence-corrected chi connectivity index (χ2v) is 6.57. The highest BCUT2D eigenvalue weighted by molar-refractivity contribution is 7.94. The summed E-state index contributed by atoms with van der Waals surface area (Å²) in [7, 11) is -3.61. The summed E-state index contributed by atoms with van der Waals surface area (Å²) < 4.78 is 31.5. The molecule has 2 aromatic rings. The lowest BCUT2D eigenvalue weighted by Gasteiger charge is -2.01. The fraction of sp³-hybridized carbons (Fsp3) is 0.333. The maximum Gasteiger partial charge on any atom is 0.337 e. The van der Waals surface area contributed by atoms with Gasteiger partial charge in [-0.25, -0.2) is 18.2 Å². The smallest absolute Gasteiger partial charge is 0.337 e. The van der Waals surface area contributed by atoms with Crippen molar-refractivity contribution in [1.82, 2.24) is 15.2 Å². The van der Waals surface area contributed by atoms with Crippen molar-refractivity contribution in [2.24, 2.45) is 0 Å². The van der Waals surface area contributed by atoms with Crippen molar-refractivity contribution in [2.45, 2.75) is 18.1 Å². The van der Waals surface area contributed by atoms with Crippen LogP contribution in [0.4, 0.5) is 5.95 Å². The van der Waals surface area contributed by atoms with Crippen molar-refractivity contribution in [3.63, 3.8) is 0 Å². The van der Waals surface area contributed by atoms with Gasteiger partial charge in [0.2, 0.25) is 5.95 Å². The lowest BCUT2D eigenvalue weighted by molar-refractivity contribution is 0.314. The first-order valence-corrected chi connectivity index (χ1v) is 7.45. The largest absolute Gasteiger partial charge is 0.463 e. The number of nitrogens with zero attached hydrogens (tertiary/aromatic N) is 2. The first-order chi connectivity index (χ1) is 8.51. The Balaban J connectivity index is 2.17. The number of ether oxygens (including phenoxy) is 1. The number of hydrogen-bond donors (Lipinski definition) is 2. The third kappa shape index (κ3) is 2.79. The van der Waals surface area contributed by atoms with Gasteiger partial charge in [-0.15, -0.1) is 16.4 Å². The zero-order valence-corrected chi connectivity index (χ0v) is 11.4. The zero-order valence-electron chi connectivity index (χ0n) is 9.80. The highest BCUT2D eigenvalue weighted by Gasteiger charge is 2.18. The number of H-pyrrole nitrogens is 1. The summed E-state index contributed by atoms with van der Waals surface area (Å²) in [5.41, 5.74) is 0. The summed E-state index contributed by atoms with van der Waals surface area (Å²) >= 11 is 1.19. The standard InChI is InChI=1S/C9H12N4O3S2/c1-3-16-9-10-8(11-12-9)13-18(14,15)7-5-4-6(2)17-7/h4-5H,3H2,1-2H3,(H2,10,11,12,13). The van der Waals surface area contributed by atoms with Crippen LogP contribution in [0.1, 0.15) is 11.8 Å². The summed E-state index contributed by atoms with van der Waals surface area (Å²) in [6.45, 7) is 4.04. The number of anilines is 1. The Labute approximate surface area is 108 Å². The van der Waals surface area contributed by atoms with Crippen LogP contribution in [0.25, 0.3) is 0 Å². The molecule has 98 valence electrons. The SMILES string of the molecule is CCOc1n[nH]c(NS(=O)(=O)c2ccc(C)s2)n1. The van der Waals surface area contributed by atoms with Crippen LogP contribution in [-0.4, -0.2) is 30.2 Å². The third-order valence-electron chi connectivity index (χ3n) is 1.95. The number of aryl methyl sites for hydroxylation is 1. The van der Waals surface area contributed by atoms with E-state index in [0.29, 0.717) is 6.61 Å². The van der Waals surface area contributed by atoms with Crippen LogP contribution >= 0.6 is 11.3 Å². The minimum Gasteiger partial charge on any atom is -0.463 e. The van der Waals surface area contributed by atoms with E-state index in [4.69, 9.17) is 4.74 Å². The van der Waals surface area contributed by atoms with Gasteiger partial charge in [0, 0.05) is 4.88 Å². The highest BCUT2D eigenvalue weighted by Crippen LogP contribution is 2.22. The molecule has 2 aromatic heterocycles. The van der Waals surface area contributed by atoms with Crippen LogP contribution in [0.2, 0.25) is 0 Å².